The molecule has 0 radical (unpaired) electrons. The molecule has 1 aromatic carbocycles. The van der Waals surface area contributed by atoms with Crippen molar-refractivity contribution in [3.05, 3.63) is 40.6 Å². The predicted octanol–water partition coefficient (Wildman–Crippen LogP) is 2.04. The van der Waals surface area contributed by atoms with Gasteiger partial charge < -0.3 is 14.9 Å². The number of benzene rings is 1. The van der Waals surface area contributed by atoms with Crippen LogP contribution in [-0.4, -0.2) is 59.2 Å². The number of hydrogen-bond donors (Lipinski definition) is 1. The van der Waals surface area contributed by atoms with Crippen LogP contribution in [0.4, 0.5) is 11.4 Å². The van der Waals surface area contributed by atoms with Crippen LogP contribution in [0.25, 0.3) is 10.9 Å². The minimum absolute atomic E-state index is 0.141. The zero-order valence-corrected chi connectivity index (χ0v) is 13.8. The molecule has 1 fully saturated rings. The van der Waals surface area contributed by atoms with E-state index in [9.17, 15) is 10.1 Å². The van der Waals surface area contributed by atoms with Crippen LogP contribution in [0.15, 0.2) is 30.5 Å². The van der Waals surface area contributed by atoms with E-state index in [1.807, 2.05) is 19.2 Å². The molecule has 0 amide bonds. The Morgan fingerprint density at radius 2 is 2.12 bits per heavy atom. The van der Waals surface area contributed by atoms with E-state index in [2.05, 4.69) is 14.8 Å². The van der Waals surface area contributed by atoms with Gasteiger partial charge in [0.05, 0.1) is 22.4 Å². The van der Waals surface area contributed by atoms with Crippen molar-refractivity contribution in [2.75, 3.05) is 38.2 Å². The SMILES string of the molecule is CN(CCO)C1CCN(c2ccc3ncccc3c2[N+](=O)[O-])CC1. The van der Waals surface area contributed by atoms with Gasteiger partial charge in [-0.3, -0.25) is 15.1 Å². The second kappa shape index (κ2) is 7.11. The summed E-state index contributed by atoms with van der Waals surface area (Å²) in [4.78, 5) is 19.8. The summed E-state index contributed by atoms with van der Waals surface area (Å²) in [5.74, 6) is 0. The predicted molar refractivity (Wildman–Crippen MR) is 93.3 cm³/mol. The quantitative estimate of drug-likeness (QED) is 0.667. The van der Waals surface area contributed by atoms with Crippen LogP contribution in [0.5, 0.6) is 0 Å². The Balaban J connectivity index is 1.86. The number of likely N-dealkylation sites (N-methyl/N-ethyl adjacent to an activating group) is 1. The number of pyridine rings is 1. The van der Waals surface area contributed by atoms with Crippen LogP contribution in [0.2, 0.25) is 0 Å². The summed E-state index contributed by atoms with van der Waals surface area (Å²) < 4.78 is 0. The van der Waals surface area contributed by atoms with Gasteiger partial charge in [-0.15, -0.1) is 0 Å². The molecule has 0 unspecified atom stereocenters. The number of aromatic nitrogens is 1. The molecule has 1 saturated heterocycles. The lowest BCUT2D eigenvalue weighted by Crippen LogP contribution is -2.44. The number of fused-ring (bicyclic) bond motifs is 1. The number of nitro groups is 1. The van der Waals surface area contributed by atoms with Crippen LogP contribution < -0.4 is 4.90 Å². The molecular formula is C17H22N4O3. The Kier molecular flexibility index (Phi) is 4.92. The summed E-state index contributed by atoms with van der Waals surface area (Å²) >= 11 is 0. The monoisotopic (exact) mass is 330 g/mol. The van der Waals surface area contributed by atoms with Gasteiger partial charge in [-0.1, -0.05) is 0 Å². The van der Waals surface area contributed by atoms with E-state index in [-0.39, 0.29) is 17.2 Å². The molecule has 7 nitrogen and oxygen atoms in total. The van der Waals surface area contributed by atoms with Crippen molar-refractivity contribution in [2.24, 2.45) is 0 Å². The van der Waals surface area contributed by atoms with Crippen LogP contribution in [-0.2, 0) is 0 Å². The fraction of sp³-hybridized carbons (Fsp3) is 0.471. The van der Waals surface area contributed by atoms with Crippen molar-refractivity contribution in [1.29, 1.82) is 0 Å². The molecule has 0 atom stereocenters. The van der Waals surface area contributed by atoms with Crippen molar-refractivity contribution in [3.8, 4) is 0 Å². The minimum Gasteiger partial charge on any atom is -0.395 e. The van der Waals surface area contributed by atoms with Gasteiger partial charge >= 0.3 is 5.69 Å². The summed E-state index contributed by atoms with van der Waals surface area (Å²) in [7, 11) is 2.01. The lowest BCUT2D eigenvalue weighted by atomic mass is 10.0. The van der Waals surface area contributed by atoms with Crippen molar-refractivity contribution in [3.63, 3.8) is 0 Å². The molecule has 0 bridgehead atoms. The number of aliphatic hydroxyl groups excluding tert-OH is 1. The highest BCUT2D eigenvalue weighted by Gasteiger charge is 2.28. The summed E-state index contributed by atoms with van der Waals surface area (Å²) in [6.07, 6.45) is 3.51. The summed E-state index contributed by atoms with van der Waals surface area (Å²) in [6, 6.07) is 7.56. The lowest BCUT2D eigenvalue weighted by Gasteiger charge is -2.37. The van der Waals surface area contributed by atoms with Gasteiger partial charge in [-0.25, -0.2) is 0 Å². The maximum Gasteiger partial charge on any atom is 0.301 e. The molecule has 1 N–H and O–H groups in total. The highest BCUT2D eigenvalue weighted by molar-refractivity contribution is 5.94. The summed E-state index contributed by atoms with van der Waals surface area (Å²) in [5.41, 5.74) is 1.46. The highest BCUT2D eigenvalue weighted by Crippen LogP contribution is 2.36. The maximum absolute atomic E-state index is 11.7. The molecule has 0 spiro atoms. The third-order valence-electron chi connectivity index (χ3n) is 4.80. The van der Waals surface area contributed by atoms with E-state index >= 15 is 0 Å². The first-order valence-corrected chi connectivity index (χ1v) is 8.20. The number of nitro benzene ring substituents is 1. The molecule has 2 aromatic rings. The van der Waals surface area contributed by atoms with Crippen LogP contribution in [0.1, 0.15) is 12.8 Å². The molecule has 1 aliphatic rings. The van der Waals surface area contributed by atoms with Crippen molar-refractivity contribution in [1.82, 2.24) is 9.88 Å². The van der Waals surface area contributed by atoms with Gasteiger partial charge in [0.15, 0.2) is 0 Å². The Bertz CT molecular complexity index is 729. The first-order chi connectivity index (χ1) is 11.6. The number of nitrogens with zero attached hydrogens (tertiary/aromatic N) is 4. The second-order valence-electron chi connectivity index (χ2n) is 6.18. The zero-order chi connectivity index (χ0) is 17.1. The number of aliphatic hydroxyl groups is 1. The molecule has 1 aromatic heterocycles. The van der Waals surface area contributed by atoms with Gasteiger partial charge in [0.2, 0.25) is 0 Å². The molecule has 1 aliphatic heterocycles. The highest BCUT2D eigenvalue weighted by atomic mass is 16.6. The Morgan fingerprint density at radius 3 is 2.79 bits per heavy atom. The van der Waals surface area contributed by atoms with Gasteiger partial charge in [0.1, 0.15) is 5.69 Å². The number of anilines is 1. The number of hydrogen-bond acceptors (Lipinski definition) is 6. The molecule has 2 heterocycles. The number of piperidine rings is 1. The molecule has 3 rings (SSSR count). The lowest BCUT2D eigenvalue weighted by molar-refractivity contribution is -0.382. The van der Waals surface area contributed by atoms with Crippen LogP contribution >= 0.6 is 0 Å². The normalized spacial score (nSPS) is 16.0. The average molecular weight is 330 g/mol. The topological polar surface area (TPSA) is 82.7 Å². The Hall–Kier alpha value is -2.25. The van der Waals surface area contributed by atoms with Gasteiger partial charge in [-0.05, 0) is 44.2 Å². The minimum atomic E-state index is -0.302. The summed E-state index contributed by atoms with van der Waals surface area (Å²) in [5, 5.41) is 21.3. The Morgan fingerprint density at radius 1 is 1.38 bits per heavy atom. The van der Waals surface area contributed by atoms with Crippen LogP contribution in [0, 0.1) is 10.1 Å². The van der Waals surface area contributed by atoms with E-state index in [4.69, 9.17) is 5.11 Å². The average Bonchev–Trinajstić information content (AvgIpc) is 2.61. The third-order valence-corrected chi connectivity index (χ3v) is 4.80. The van der Waals surface area contributed by atoms with Gasteiger partial charge in [0, 0.05) is 31.9 Å². The molecule has 24 heavy (non-hydrogen) atoms. The summed E-state index contributed by atoms with van der Waals surface area (Å²) in [6.45, 7) is 2.35. The molecule has 7 heteroatoms. The van der Waals surface area contributed by atoms with E-state index in [1.165, 1.54) is 0 Å². The van der Waals surface area contributed by atoms with Crippen molar-refractivity contribution in [2.45, 2.75) is 18.9 Å². The number of rotatable bonds is 5. The molecular weight excluding hydrogens is 308 g/mol. The van der Waals surface area contributed by atoms with E-state index in [0.29, 0.717) is 29.2 Å². The second-order valence-corrected chi connectivity index (χ2v) is 6.18. The van der Waals surface area contributed by atoms with Crippen LogP contribution in [0.3, 0.4) is 0 Å². The van der Waals surface area contributed by atoms with Gasteiger partial charge in [0.25, 0.3) is 0 Å². The fourth-order valence-electron chi connectivity index (χ4n) is 3.46. The smallest absolute Gasteiger partial charge is 0.301 e. The van der Waals surface area contributed by atoms with Crippen molar-refractivity contribution >= 4 is 22.3 Å². The zero-order valence-electron chi connectivity index (χ0n) is 13.8. The largest absolute Gasteiger partial charge is 0.395 e. The van der Waals surface area contributed by atoms with Gasteiger partial charge in [-0.2, -0.15) is 0 Å². The van der Waals surface area contributed by atoms with E-state index in [1.54, 1.807) is 18.3 Å². The fourth-order valence-corrected chi connectivity index (χ4v) is 3.46. The van der Waals surface area contributed by atoms with E-state index < -0.39 is 0 Å². The Labute approximate surface area is 140 Å². The molecule has 128 valence electrons. The molecule has 0 aliphatic carbocycles. The third kappa shape index (κ3) is 3.18. The van der Waals surface area contributed by atoms with Crippen molar-refractivity contribution < 1.29 is 10.0 Å². The first kappa shape index (κ1) is 16.6. The molecule has 0 saturated carbocycles. The standard InChI is InChI=1S/C17H22N4O3/c1-19(11-12-22)13-6-9-20(10-7-13)16-5-4-15-14(3-2-8-18-15)17(16)21(23)24/h2-5,8,13,22H,6-7,9-12H2,1H3. The maximum atomic E-state index is 11.7. The first-order valence-electron chi connectivity index (χ1n) is 8.20. The van der Waals surface area contributed by atoms with E-state index in [0.717, 1.165) is 25.9 Å².